The standard InChI is InChI=1S/C20H18F3N5O2/c1-11-9-14(26-18-15(17(24)29)25-10-27(11)18)19(30)28(13-5-3-2-4-6-13)16(12-7-8-12)20(21,22)23/h2-6,9-10,12,16H,7-8H2,1H3,(H2,24,29). The van der Waals surface area contributed by atoms with Crippen LogP contribution in [0.2, 0.25) is 0 Å². The molecule has 0 radical (unpaired) electrons. The number of fused-ring (bicyclic) bond motifs is 1. The molecule has 2 amide bonds. The summed E-state index contributed by atoms with van der Waals surface area (Å²) in [6, 6.07) is 7.12. The van der Waals surface area contributed by atoms with Crippen molar-refractivity contribution in [2.24, 2.45) is 11.7 Å². The minimum atomic E-state index is -4.61. The van der Waals surface area contributed by atoms with Crippen molar-refractivity contribution in [1.29, 1.82) is 0 Å². The van der Waals surface area contributed by atoms with Crippen LogP contribution in [0.1, 0.15) is 39.5 Å². The van der Waals surface area contributed by atoms with Gasteiger partial charge in [0.1, 0.15) is 18.1 Å². The average Bonchev–Trinajstić information content (AvgIpc) is 3.41. The zero-order valence-corrected chi connectivity index (χ0v) is 15.9. The van der Waals surface area contributed by atoms with Crippen molar-refractivity contribution in [2.75, 3.05) is 4.90 Å². The van der Waals surface area contributed by atoms with Gasteiger partial charge in [0.25, 0.3) is 11.8 Å². The first-order valence-corrected chi connectivity index (χ1v) is 9.28. The van der Waals surface area contributed by atoms with Crippen LogP contribution in [0.5, 0.6) is 0 Å². The van der Waals surface area contributed by atoms with E-state index in [4.69, 9.17) is 5.73 Å². The summed E-state index contributed by atoms with van der Waals surface area (Å²) in [5, 5.41) is 0. The Hall–Kier alpha value is -3.43. The number of benzene rings is 1. The first-order chi connectivity index (χ1) is 14.2. The zero-order chi connectivity index (χ0) is 21.6. The van der Waals surface area contributed by atoms with Crippen LogP contribution in [0.4, 0.5) is 18.9 Å². The van der Waals surface area contributed by atoms with Gasteiger partial charge < -0.3 is 5.73 Å². The number of para-hydroxylation sites is 1. The van der Waals surface area contributed by atoms with Crippen molar-refractivity contribution in [3.05, 3.63) is 59.8 Å². The SMILES string of the molecule is Cc1cc(C(=O)N(c2ccccc2)C(C2CC2)C(F)(F)F)nc2c(C(N)=O)ncn12. The molecule has 0 spiro atoms. The van der Waals surface area contributed by atoms with Crippen molar-refractivity contribution in [3.63, 3.8) is 0 Å². The summed E-state index contributed by atoms with van der Waals surface area (Å²) in [5.74, 6) is -2.42. The highest BCUT2D eigenvalue weighted by Gasteiger charge is 2.54. The molecular weight excluding hydrogens is 399 g/mol. The van der Waals surface area contributed by atoms with E-state index in [0.717, 1.165) is 4.90 Å². The van der Waals surface area contributed by atoms with E-state index in [1.807, 2.05) is 0 Å². The second-order valence-corrected chi connectivity index (χ2v) is 7.27. The van der Waals surface area contributed by atoms with Gasteiger partial charge in [0.05, 0.1) is 0 Å². The van der Waals surface area contributed by atoms with Crippen LogP contribution in [-0.4, -0.2) is 38.4 Å². The van der Waals surface area contributed by atoms with E-state index in [0.29, 0.717) is 18.5 Å². The molecule has 4 rings (SSSR count). The van der Waals surface area contributed by atoms with E-state index in [1.54, 1.807) is 25.1 Å². The van der Waals surface area contributed by atoms with Crippen molar-refractivity contribution < 1.29 is 22.8 Å². The Bertz CT molecular complexity index is 1120. The van der Waals surface area contributed by atoms with Crippen LogP contribution < -0.4 is 10.6 Å². The minimum Gasteiger partial charge on any atom is -0.364 e. The van der Waals surface area contributed by atoms with Crippen LogP contribution >= 0.6 is 0 Å². The Morgan fingerprint density at radius 2 is 1.90 bits per heavy atom. The number of hydrogen-bond donors (Lipinski definition) is 1. The number of halogens is 3. The molecule has 7 nitrogen and oxygen atoms in total. The predicted molar refractivity (Wildman–Crippen MR) is 102 cm³/mol. The summed E-state index contributed by atoms with van der Waals surface area (Å²) in [6.45, 7) is 1.63. The number of carbonyl (C=O) groups excluding carboxylic acids is 2. The quantitative estimate of drug-likeness (QED) is 0.690. The Morgan fingerprint density at radius 1 is 1.23 bits per heavy atom. The molecule has 1 unspecified atom stereocenters. The molecule has 2 N–H and O–H groups in total. The number of aryl methyl sites for hydroxylation is 1. The third-order valence-corrected chi connectivity index (χ3v) is 5.08. The van der Waals surface area contributed by atoms with Gasteiger partial charge in [-0.05, 0) is 43.9 Å². The number of imidazole rings is 1. The lowest BCUT2D eigenvalue weighted by molar-refractivity contribution is -0.151. The highest BCUT2D eigenvalue weighted by atomic mass is 19.4. The molecule has 156 valence electrons. The largest absolute Gasteiger partial charge is 0.409 e. The zero-order valence-electron chi connectivity index (χ0n) is 15.9. The highest BCUT2D eigenvalue weighted by Crippen LogP contribution is 2.45. The Balaban J connectivity index is 1.86. The highest BCUT2D eigenvalue weighted by molar-refractivity contribution is 6.06. The summed E-state index contributed by atoms with van der Waals surface area (Å²) < 4.78 is 43.4. The van der Waals surface area contributed by atoms with Gasteiger partial charge in [-0.15, -0.1) is 0 Å². The van der Waals surface area contributed by atoms with Gasteiger partial charge in [-0.1, -0.05) is 18.2 Å². The van der Waals surface area contributed by atoms with Crippen LogP contribution in [0.15, 0.2) is 42.7 Å². The number of nitrogens with two attached hydrogens (primary N) is 1. The van der Waals surface area contributed by atoms with Crippen molar-refractivity contribution in [3.8, 4) is 0 Å². The predicted octanol–water partition coefficient (Wildman–Crippen LogP) is 3.12. The van der Waals surface area contributed by atoms with E-state index < -0.39 is 30.0 Å². The van der Waals surface area contributed by atoms with Gasteiger partial charge in [-0.2, -0.15) is 13.2 Å². The second-order valence-electron chi connectivity index (χ2n) is 7.27. The van der Waals surface area contributed by atoms with Crippen molar-refractivity contribution in [1.82, 2.24) is 14.4 Å². The van der Waals surface area contributed by atoms with Gasteiger partial charge in [0, 0.05) is 11.4 Å². The van der Waals surface area contributed by atoms with E-state index in [9.17, 15) is 22.8 Å². The molecule has 1 aromatic carbocycles. The van der Waals surface area contributed by atoms with E-state index in [2.05, 4.69) is 9.97 Å². The summed E-state index contributed by atoms with van der Waals surface area (Å²) >= 11 is 0. The smallest absolute Gasteiger partial charge is 0.364 e. The molecule has 2 aromatic heterocycles. The number of nitrogens with zero attached hydrogens (tertiary/aromatic N) is 4. The van der Waals surface area contributed by atoms with Crippen molar-refractivity contribution >= 4 is 23.1 Å². The number of alkyl halides is 3. The van der Waals surface area contributed by atoms with Gasteiger partial charge in [0.2, 0.25) is 0 Å². The molecule has 0 saturated heterocycles. The van der Waals surface area contributed by atoms with Crippen molar-refractivity contribution in [2.45, 2.75) is 32.0 Å². The summed E-state index contributed by atoms with van der Waals surface area (Å²) in [5.41, 5.74) is 5.55. The fourth-order valence-electron chi connectivity index (χ4n) is 3.56. The third kappa shape index (κ3) is 3.49. The number of anilines is 1. The maximum Gasteiger partial charge on any atom is 0.409 e. The third-order valence-electron chi connectivity index (χ3n) is 5.08. The molecular formula is C20H18F3N5O2. The minimum absolute atomic E-state index is 0.0221. The van der Waals surface area contributed by atoms with Gasteiger partial charge in [-0.3, -0.25) is 18.9 Å². The average molecular weight is 417 g/mol. The maximum atomic E-state index is 14.0. The first kappa shape index (κ1) is 19.9. The van der Waals surface area contributed by atoms with Crippen LogP contribution in [0.3, 0.4) is 0 Å². The monoisotopic (exact) mass is 417 g/mol. The summed E-state index contributed by atoms with van der Waals surface area (Å²) in [4.78, 5) is 33.8. The molecule has 30 heavy (non-hydrogen) atoms. The number of amides is 2. The van der Waals surface area contributed by atoms with E-state index in [-0.39, 0.29) is 22.7 Å². The molecule has 1 saturated carbocycles. The Morgan fingerprint density at radius 3 is 2.47 bits per heavy atom. The molecule has 1 aliphatic carbocycles. The fraction of sp³-hybridized carbons (Fsp3) is 0.300. The van der Waals surface area contributed by atoms with Gasteiger partial charge >= 0.3 is 6.18 Å². The summed E-state index contributed by atoms with van der Waals surface area (Å²) in [6.07, 6.45) is -2.51. The number of aromatic nitrogens is 3. The van der Waals surface area contributed by atoms with Crippen LogP contribution in [0.25, 0.3) is 5.65 Å². The molecule has 2 heterocycles. The fourth-order valence-corrected chi connectivity index (χ4v) is 3.56. The maximum absolute atomic E-state index is 14.0. The number of rotatable bonds is 5. The molecule has 3 aromatic rings. The van der Waals surface area contributed by atoms with E-state index in [1.165, 1.54) is 28.9 Å². The van der Waals surface area contributed by atoms with Gasteiger partial charge in [-0.25, -0.2) is 9.97 Å². The lowest BCUT2D eigenvalue weighted by atomic mass is 10.1. The number of hydrogen-bond acceptors (Lipinski definition) is 4. The Labute approximate surface area is 169 Å². The first-order valence-electron chi connectivity index (χ1n) is 9.28. The second kappa shape index (κ2) is 7.12. The molecule has 0 aliphatic heterocycles. The molecule has 1 aliphatic rings. The number of carbonyl (C=O) groups is 2. The van der Waals surface area contributed by atoms with Crippen LogP contribution in [0, 0.1) is 12.8 Å². The lowest BCUT2D eigenvalue weighted by Crippen LogP contribution is -2.51. The lowest BCUT2D eigenvalue weighted by Gasteiger charge is -2.33. The van der Waals surface area contributed by atoms with Gasteiger partial charge in [0.15, 0.2) is 11.3 Å². The Kier molecular flexibility index (Phi) is 4.71. The molecule has 0 bridgehead atoms. The van der Waals surface area contributed by atoms with Crippen LogP contribution in [-0.2, 0) is 0 Å². The molecule has 1 atom stereocenters. The topological polar surface area (TPSA) is 93.6 Å². The normalized spacial score (nSPS) is 15.2. The summed E-state index contributed by atoms with van der Waals surface area (Å²) in [7, 11) is 0. The number of primary amides is 1. The molecule has 10 heteroatoms. The van der Waals surface area contributed by atoms with E-state index >= 15 is 0 Å². The molecule has 1 fully saturated rings.